The van der Waals surface area contributed by atoms with Crippen molar-refractivity contribution < 1.29 is 25.6 Å². The average Bonchev–Trinajstić information content (AvgIpc) is 2.84. The Bertz CT molecular complexity index is 1430. The van der Waals surface area contributed by atoms with Gasteiger partial charge >= 0.3 is 0 Å². The summed E-state index contributed by atoms with van der Waals surface area (Å²) in [6, 6.07) is 16.3. The molecule has 10 heteroatoms. The molecule has 0 N–H and O–H groups in total. The standard InChI is InChI=1S/C26H28F2N2O4S2/c1-29(2)36(33,34)22-12-10-21(11-13-22)35(31,32)18-20-6-3-4-9-25(20)30-16-14-19(15-17-30)26-23(27)7-5-8-24(26)28/h3-13,19H,14-18H2,1-2H3. The maximum Gasteiger partial charge on any atom is 0.242 e. The first kappa shape index (κ1) is 26.2. The highest BCUT2D eigenvalue weighted by atomic mass is 32.2. The molecule has 192 valence electrons. The lowest BCUT2D eigenvalue weighted by Crippen LogP contribution is -2.34. The van der Waals surface area contributed by atoms with Crippen LogP contribution in [0.3, 0.4) is 0 Å². The van der Waals surface area contributed by atoms with E-state index in [-0.39, 0.29) is 27.0 Å². The molecule has 3 aromatic carbocycles. The number of benzene rings is 3. The topological polar surface area (TPSA) is 74.8 Å². The Kier molecular flexibility index (Phi) is 7.49. The van der Waals surface area contributed by atoms with E-state index in [0.29, 0.717) is 31.5 Å². The van der Waals surface area contributed by atoms with E-state index in [1.807, 2.05) is 17.0 Å². The van der Waals surface area contributed by atoms with Crippen molar-refractivity contribution >= 4 is 25.5 Å². The first-order valence-electron chi connectivity index (χ1n) is 11.5. The van der Waals surface area contributed by atoms with Gasteiger partial charge in [0.1, 0.15) is 11.6 Å². The number of nitrogens with zero attached hydrogens (tertiary/aromatic N) is 2. The third-order valence-electron chi connectivity index (χ3n) is 6.54. The molecule has 1 saturated heterocycles. The Hall–Kier alpha value is -2.82. The number of hydrogen-bond acceptors (Lipinski definition) is 5. The molecule has 3 aromatic rings. The Morgan fingerprint density at radius 1 is 0.806 bits per heavy atom. The van der Waals surface area contributed by atoms with Crippen LogP contribution in [0.4, 0.5) is 14.5 Å². The fourth-order valence-electron chi connectivity index (χ4n) is 4.57. The summed E-state index contributed by atoms with van der Waals surface area (Å²) in [5.41, 5.74) is 1.49. The lowest BCUT2D eigenvalue weighted by Gasteiger charge is -2.35. The molecule has 0 aliphatic carbocycles. The third-order valence-corrected chi connectivity index (χ3v) is 10.1. The first-order chi connectivity index (χ1) is 17.0. The van der Waals surface area contributed by atoms with Crippen LogP contribution in [0.2, 0.25) is 0 Å². The van der Waals surface area contributed by atoms with Crippen molar-refractivity contribution in [3.63, 3.8) is 0 Å². The Balaban J connectivity index is 1.52. The molecule has 1 aliphatic heterocycles. The van der Waals surface area contributed by atoms with Gasteiger partial charge in [-0.2, -0.15) is 0 Å². The summed E-state index contributed by atoms with van der Waals surface area (Å²) in [6.45, 7) is 1.07. The molecule has 4 rings (SSSR count). The van der Waals surface area contributed by atoms with Crippen LogP contribution in [0.5, 0.6) is 0 Å². The van der Waals surface area contributed by atoms with E-state index in [0.717, 1.165) is 9.99 Å². The minimum absolute atomic E-state index is 0.0148. The molecular weight excluding hydrogens is 506 g/mol. The van der Waals surface area contributed by atoms with Gasteiger partial charge in [-0.1, -0.05) is 24.3 Å². The van der Waals surface area contributed by atoms with E-state index in [9.17, 15) is 25.6 Å². The van der Waals surface area contributed by atoms with Gasteiger partial charge in [-0.15, -0.1) is 0 Å². The van der Waals surface area contributed by atoms with Crippen molar-refractivity contribution in [3.8, 4) is 0 Å². The van der Waals surface area contributed by atoms with Crippen LogP contribution in [0, 0.1) is 11.6 Å². The zero-order valence-electron chi connectivity index (χ0n) is 20.1. The van der Waals surface area contributed by atoms with Gasteiger partial charge in [-0.25, -0.2) is 29.9 Å². The van der Waals surface area contributed by atoms with Crippen LogP contribution >= 0.6 is 0 Å². The quantitative estimate of drug-likeness (QED) is 0.444. The maximum atomic E-state index is 14.2. The highest BCUT2D eigenvalue weighted by molar-refractivity contribution is 7.90. The summed E-state index contributed by atoms with van der Waals surface area (Å²) < 4.78 is 80.5. The Labute approximate surface area is 211 Å². The fourth-order valence-corrected chi connectivity index (χ4v) is 6.84. The predicted octanol–water partition coefficient (Wildman–Crippen LogP) is 4.57. The van der Waals surface area contributed by atoms with Crippen LogP contribution in [0.25, 0.3) is 0 Å². The molecule has 0 amide bonds. The summed E-state index contributed by atoms with van der Waals surface area (Å²) in [5, 5.41) is 0. The zero-order chi connectivity index (χ0) is 26.1. The highest BCUT2D eigenvalue weighted by Gasteiger charge is 2.27. The number of halogens is 2. The van der Waals surface area contributed by atoms with Crippen molar-refractivity contribution in [2.45, 2.75) is 34.3 Å². The van der Waals surface area contributed by atoms with E-state index >= 15 is 0 Å². The molecule has 0 unspecified atom stereocenters. The largest absolute Gasteiger partial charge is 0.371 e. The Morgan fingerprint density at radius 3 is 1.94 bits per heavy atom. The van der Waals surface area contributed by atoms with Crippen molar-refractivity contribution in [3.05, 3.63) is 89.5 Å². The molecule has 0 bridgehead atoms. The number of hydrogen-bond donors (Lipinski definition) is 0. The molecule has 0 saturated carbocycles. The summed E-state index contributed by atoms with van der Waals surface area (Å²) in [4.78, 5) is 2.09. The molecule has 1 fully saturated rings. The highest BCUT2D eigenvalue weighted by Crippen LogP contribution is 2.35. The second-order valence-electron chi connectivity index (χ2n) is 9.04. The van der Waals surface area contributed by atoms with E-state index < -0.39 is 31.5 Å². The average molecular weight is 535 g/mol. The summed E-state index contributed by atoms with van der Waals surface area (Å²) in [5.74, 6) is -1.57. The second kappa shape index (κ2) is 10.3. The van der Waals surface area contributed by atoms with Crippen LogP contribution in [-0.2, 0) is 25.6 Å². The first-order valence-corrected chi connectivity index (χ1v) is 14.6. The van der Waals surface area contributed by atoms with Crippen molar-refractivity contribution in [2.75, 3.05) is 32.1 Å². The summed E-state index contributed by atoms with van der Waals surface area (Å²) in [7, 11) is -4.60. The van der Waals surface area contributed by atoms with Gasteiger partial charge in [-0.05, 0) is 66.8 Å². The lowest BCUT2D eigenvalue weighted by molar-refractivity contribution is 0.455. The third kappa shape index (κ3) is 5.30. The van der Waals surface area contributed by atoms with Crippen molar-refractivity contribution in [1.82, 2.24) is 4.31 Å². The number of rotatable bonds is 7. The van der Waals surface area contributed by atoms with E-state index in [1.165, 1.54) is 56.6 Å². The normalized spacial score (nSPS) is 15.4. The van der Waals surface area contributed by atoms with Crippen molar-refractivity contribution in [1.29, 1.82) is 0 Å². The smallest absolute Gasteiger partial charge is 0.242 e. The van der Waals surface area contributed by atoms with E-state index in [4.69, 9.17) is 0 Å². The molecule has 1 heterocycles. The Morgan fingerprint density at radius 2 is 1.36 bits per heavy atom. The monoisotopic (exact) mass is 534 g/mol. The van der Waals surface area contributed by atoms with Gasteiger partial charge in [0, 0.05) is 38.4 Å². The van der Waals surface area contributed by atoms with Crippen LogP contribution in [0.15, 0.2) is 76.5 Å². The van der Waals surface area contributed by atoms with Gasteiger partial charge < -0.3 is 4.90 Å². The summed E-state index contributed by atoms with van der Waals surface area (Å²) >= 11 is 0. The number of sulfonamides is 1. The van der Waals surface area contributed by atoms with Crippen molar-refractivity contribution in [2.24, 2.45) is 0 Å². The molecule has 6 nitrogen and oxygen atoms in total. The molecule has 36 heavy (non-hydrogen) atoms. The van der Waals surface area contributed by atoms with Gasteiger partial charge in [0.05, 0.1) is 15.5 Å². The SMILES string of the molecule is CN(C)S(=O)(=O)c1ccc(S(=O)(=O)Cc2ccccc2N2CCC(c3c(F)cccc3F)CC2)cc1. The minimum Gasteiger partial charge on any atom is -0.371 e. The second-order valence-corrected chi connectivity index (χ2v) is 13.2. The van der Waals surface area contributed by atoms with Gasteiger partial charge in [0.25, 0.3) is 0 Å². The van der Waals surface area contributed by atoms with Crippen LogP contribution in [0.1, 0.15) is 29.9 Å². The van der Waals surface area contributed by atoms with E-state index in [2.05, 4.69) is 0 Å². The van der Waals surface area contributed by atoms with E-state index in [1.54, 1.807) is 12.1 Å². The minimum atomic E-state index is -3.76. The molecule has 1 aliphatic rings. The fraction of sp³-hybridized carbons (Fsp3) is 0.308. The number of piperidine rings is 1. The molecule has 0 spiro atoms. The lowest BCUT2D eigenvalue weighted by atomic mass is 9.88. The number of anilines is 1. The maximum absolute atomic E-state index is 14.2. The molecule has 0 radical (unpaired) electrons. The number of sulfone groups is 1. The molecule has 0 aromatic heterocycles. The van der Waals surface area contributed by atoms with Crippen LogP contribution < -0.4 is 4.90 Å². The molecule has 0 atom stereocenters. The predicted molar refractivity (Wildman–Crippen MR) is 135 cm³/mol. The van der Waals surface area contributed by atoms with Gasteiger partial charge in [0.2, 0.25) is 10.0 Å². The number of para-hydroxylation sites is 1. The molecular formula is C26H28F2N2O4S2. The zero-order valence-corrected chi connectivity index (χ0v) is 21.7. The summed E-state index contributed by atoms with van der Waals surface area (Å²) in [6.07, 6.45) is 1.08. The van der Waals surface area contributed by atoms with Crippen LogP contribution in [-0.4, -0.2) is 48.3 Å². The van der Waals surface area contributed by atoms with Gasteiger partial charge in [0.15, 0.2) is 9.84 Å². The van der Waals surface area contributed by atoms with Gasteiger partial charge in [-0.3, -0.25) is 0 Å².